The summed E-state index contributed by atoms with van der Waals surface area (Å²) in [5, 5.41) is 13.5. The molecule has 0 atom stereocenters. The van der Waals surface area contributed by atoms with Crippen molar-refractivity contribution in [3.63, 3.8) is 0 Å². The Balaban J connectivity index is 2.55. The molecule has 100 valence electrons. The Kier molecular flexibility index (Phi) is 4.55. The molecule has 1 aromatic rings. The number of nitro groups is 1. The summed E-state index contributed by atoms with van der Waals surface area (Å²) in [5.74, 6) is 0.410. The second-order valence-electron chi connectivity index (χ2n) is 5.28. The van der Waals surface area contributed by atoms with Gasteiger partial charge in [-0.05, 0) is 19.5 Å². The van der Waals surface area contributed by atoms with Crippen LogP contribution < -0.4 is 5.32 Å². The molecule has 18 heavy (non-hydrogen) atoms. The fourth-order valence-electron chi connectivity index (χ4n) is 1.74. The van der Waals surface area contributed by atoms with Gasteiger partial charge >= 0.3 is 5.69 Å². The van der Waals surface area contributed by atoms with Gasteiger partial charge in [0.15, 0.2) is 0 Å². The van der Waals surface area contributed by atoms with Gasteiger partial charge in [0.25, 0.3) is 0 Å². The van der Waals surface area contributed by atoms with Gasteiger partial charge in [0, 0.05) is 13.1 Å². The number of hydrogen-bond donors (Lipinski definition) is 1. The zero-order valence-corrected chi connectivity index (χ0v) is 11.2. The smallest absolute Gasteiger partial charge is 0.305 e. The summed E-state index contributed by atoms with van der Waals surface area (Å²) in [5.41, 5.74) is -0.0395. The molecule has 1 N–H and O–H groups in total. The molecule has 1 aromatic heterocycles. The molecule has 1 heterocycles. The fourth-order valence-corrected chi connectivity index (χ4v) is 1.74. The molecule has 0 bridgehead atoms. The molecule has 7 heteroatoms. The third-order valence-electron chi connectivity index (χ3n) is 2.32. The normalized spacial score (nSPS) is 11.6. The van der Waals surface area contributed by atoms with Gasteiger partial charge in [0.1, 0.15) is 12.4 Å². The minimum atomic E-state index is -0.514. The number of nitrogens with one attached hydrogen (secondary N) is 1. The first-order valence-corrected chi connectivity index (χ1v) is 5.65. The summed E-state index contributed by atoms with van der Waals surface area (Å²) >= 11 is 0. The van der Waals surface area contributed by atoms with Crippen LogP contribution in [0.25, 0.3) is 0 Å². The predicted octanol–water partition coefficient (Wildman–Crippen LogP) is 1.38. The highest BCUT2D eigenvalue weighted by atomic mass is 16.6. The molecule has 0 radical (unpaired) electrons. The van der Waals surface area contributed by atoms with Crippen LogP contribution in [0, 0.1) is 15.5 Å². The van der Waals surface area contributed by atoms with Crippen LogP contribution in [-0.4, -0.2) is 47.0 Å². The Morgan fingerprint density at radius 2 is 1.94 bits per heavy atom. The topological polar surface area (TPSA) is 84.2 Å². The van der Waals surface area contributed by atoms with Gasteiger partial charge in [0.2, 0.25) is 5.95 Å². The van der Waals surface area contributed by atoms with Gasteiger partial charge in [-0.25, -0.2) is 9.97 Å². The van der Waals surface area contributed by atoms with Crippen molar-refractivity contribution in [3.8, 4) is 0 Å². The molecule has 0 aromatic carbocycles. The molecule has 0 aliphatic heterocycles. The van der Waals surface area contributed by atoms with Crippen molar-refractivity contribution in [3.05, 3.63) is 22.5 Å². The molecule has 0 aliphatic rings. The van der Waals surface area contributed by atoms with Crippen LogP contribution in [0.4, 0.5) is 11.6 Å². The molecular weight excluding hydrogens is 234 g/mol. The average molecular weight is 253 g/mol. The SMILES string of the molecule is CN(C)CC(C)(C)CNc1ncc([N+](=O)[O-])cn1. The average Bonchev–Trinajstić information content (AvgIpc) is 2.25. The van der Waals surface area contributed by atoms with Gasteiger partial charge < -0.3 is 10.2 Å². The molecule has 0 unspecified atom stereocenters. The Hall–Kier alpha value is -1.76. The Morgan fingerprint density at radius 1 is 1.39 bits per heavy atom. The van der Waals surface area contributed by atoms with Crippen LogP contribution in [0.15, 0.2) is 12.4 Å². The summed E-state index contributed by atoms with van der Waals surface area (Å²) in [6, 6.07) is 0. The maximum absolute atomic E-state index is 10.5. The molecule has 0 amide bonds. The Bertz CT molecular complexity index is 402. The van der Waals surface area contributed by atoms with E-state index in [9.17, 15) is 10.1 Å². The van der Waals surface area contributed by atoms with E-state index < -0.39 is 4.92 Å². The molecule has 0 saturated heterocycles. The maximum Gasteiger partial charge on any atom is 0.305 e. The van der Waals surface area contributed by atoms with Crippen LogP contribution in [0.3, 0.4) is 0 Å². The van der Waals surface area contributed by atoms with Crippen LogP contribution in [0.2, 0.25) is 0 Å². The molecular formula is C11H19N5O2. The zero-order chi connectivity index (χ0) is 13.8. The first-order chi connectivity index (χ1) is 8.30. The van der Waals surface area contributed by atoms with Crippen LogP contribution in [0.5, 0.6) is 0 Å². The maximum atomic E-state index is 10.5. The van der Waals surface area contributed by atoms with Crippen molar-refractivity contribution >= 4 is 11.6 Å². The van der Waals surface area contributed by atoms with E-state index in [4.69, 9.17) is 0 Å². The second kappa shape index (κ2) is 5.72. The summed E-state index contributed by atoms with van der Waals surface area (Å²) in [7, 11) is 4.04. The molecule has 0 spiro atoms. The fraction of sp³-hybridized carbons (Fsp3) is 0.636. The van der Waals surface area contributed by atoms with Crippen molar-refractivity contribution in [2.75, 3.05) is 32.5 Å². The molecule has 0 saturated carbocycles. The minimum Gasteiger partial charge on any atom is -0.354 e. The van der Waals surface area contributed by atoms with E-state index >= 15 is 0 Å². The number of nitrogens with zero attached hydrogens (tertiary/aromatic N) is 4. The molecule has 0 fully saturated rings. The summed E-state index contributed by atoms with van der Waals surface area (Å²) in [4.78, 5) is 19.9. The highest BCUT2D eigenvalue weighted by molar-refractivity contribution is 5.30. The third-order valence-corrected chi connectivity index (χ3v) is 2.32. The van der Waals surface area contributed by atoms with Crippen LogP contribution in [-0.2, 0) is 0 Å². The van der Waals surface area contributed by atoms with Gasteiger partial charge in [-0.1, -0.05) is 13.8 Å². The van der Waals surface area contributed by atoms with Crippen molar-refractivity contribution in [2.24, 2.45) is 5.41 Å². The summed E-state index contributed by atoms with van der Waals surface area (Å²) < 4.78 is 0. The lowest BCUT2D eigenvalue weighted by atomic mass is 9.93. The predicted molar refractivity (Wildman–Crippen MR) is 69.5 cm³/mol. The van der Waals surface area contributed by atoms with E-state index in [-0.39, 0.29) is 11.1 Å². The number of anilines is 1. The van der Waals surface area contributed by atoms with Crippen molar-refractivity contribution in [2.45, 2.75) is 13.8 Å². The molecule has 0 aliphatic carbocycles. The summed E-state index contributed by atoms with van der Waals surface area (Å²) in [6.07, 6.45) is 2.41. The molecule has 7 nitrogen and oxygen atoms in total. The van der Waals surface area contributed by atoms with Crippen molar-refractivity contribution < 1.29 is 4.92 Å². The van der Waals surface area contributed by atoms with Gasteiger partial charge in [-0.3, -0.25) is 10.1 Å². The zero-order valence-electron chi connectivity index (χ0n) is 11.2. The first kappa shape index (κ1) is 14.3. The van der Waals surface area contributed by atoms with Gasteiger partial charge in [-0.2, -0.15) is 0 Å². The standard InChI is InChI=1S/C11H19N5O2/c1-11(2,8-15(3)4)7-14-10-12-5-9(6-13-10)16(17)18/h5-6H,7-8H2,1-4H3,(H,12,13,14). The van der Waals surface area contributed by atoms with E-state index in [1.54, 1.807) is 0 Å². The van der Waals surface area contributed by atoms with Gasteiger partial charge in [-0.15, -0.1) is 0 Å². The third kappa shape index (κ3) is 4.62. The van der Waals surface area contributed by atoms with E-state index in [1.807, 2.05) is 14.1 Å². The largest absolute Gasteiger partial charge is 0.354 e. The highest BCUT2D eigenvalue weighted by Crippen LogP contribution is 2.16. The Labute approximate surface area is 106 Å². The highest BCUT2D eigenvalue weighted by Gasteiger charge is 2.19. The molecule has 1 rings (SSSR count). The lowest BCUT2D eigenvalue weighted by Gasteiger charge is -2.28. The van der Waals surface area contributed by atoms with E-state index in [2.05, 4.69) is 34.0 Å². The number of hydrogen-bond acceptors (Lipinski definition) is 6. The van der Waals surface area contributed by atoms with Crippen LogP contribution in [0.1, 0.15) is 13.8 Å². The lowest BCUT2D eigenvalue weighted by molar-refractivity contribution is -0.385. The van der Waals surface area contributed by atoms with Crippen molar-refractivity contribution in [1.29, 1.82) is 0 Å². The number of rotatable bonds is 6. The monoisotopic (exact) mass is 253 g/mol. The second-order valence-corrected chi connectivity index (χ2v) is 5.28. The first-order valence-electron chi connectivity index (χ1n) is 5.65. The number of aromatic nitrogens is 2. The van der Waals surface area contributed by atoms with Gasteiger partial charge in [0.05, 0.1) is 4.92 Å². The van der Waals surface area contributed by atoms with E-state index in [0.717, 1.165) is 6.54 Å². The lowest BCUT2D eigenvalue weighted by Crippen LogP contribution is -2.34. The summed E-state index contributed by atoms with van der Waals surface area (Å²) in [6.45, 7) is 5.88. The quantitative estimate of drug-likeness (QED) is 0.609. The van der Waals surface area contributed by atoms with E-state index in [1.165, 1.54) is 12.4 Å². The minimum absolute atomic E-state index is 0.0641. The van der Waals surface area contributed by atoms with Crippen molar-refractivity contribution in [1.82, 2.24) is 14.9 Å². The van der Waals surface area contributed by atoms with E-state index in [0.29, 0.717) is 12.5 Å². The Morgan fingerprint density at radius 3 is 2.39 bits per heavy atom. The van der Waals surface area contributed by atoms with Crippen LogP contribution >= 0.6 is 0 Å².